The summed E-state index contributed by atoms with van der Waals surface area (Å²) in [6.45, 7) is 6.51. The topological polar surface area (TPSA) is 20.3 Å². The summed E-state index contributed by atoms with van der Waals surface area (Å²) in [5.41, 5.74) is 2.31. The summed E-state index contributed by atoms with van der Waals surface area (Å²) in [5, 5.41) is 0. The predicted molar refractivity (Wildman–Crippen MR) is 73.9 cm³/mol. The van der Waals surface area contributed by atoms with Gasteiger partial charge in [0.1, 0.15) is 0 Å². The summed E-state index contributed by atoms with van der Waals surface area (Å²) in [6.07, 6.45) is 0.374. The van der Waals surface area contributed by atoms with Gasteiger partial charge in [-0.25, -0.2) is 0 Å². The number of nitrogens with zero attached hydrogens (tertiary/aromatic N) is 1. The Labute approximate surface area is 109 Å². The van der Waals surface area contributed by atoms with Crippen LogP contribution in [0.25, 0.3) is 0 Å². The van der Waals surface area contributed by atoms with Crippen molar-refractivity contribution in [3.63, 3.8) is 0 Å². The first-order valence-corrected chi connectivity index (χ1v) is 6.33. The molecule has 0 unspecified atom stereocenters. The fourth-order valence-corrected chi connectivity index (χ4v) is 1.74. The number of carbonyl (C=O) groups is 1. The molecule has 0 heterocycles. The third-order valence-corrected chi connectivity index (χ3v) is 2.99. The lowest BCUT2D eigenvalue weighted by atomic mass is 9.87. The van der Waals surface area contributed by atoms with Crippen LogP contribution in [0.15, 0.2) is 24.3 Å². The zero-order valence-electron chi connectivity index (χ0n) is 11.0. The maximum atomic E-state index is 11.7. The van der Waals surface area contributed by atoms with Gasteiger partial charge in [0, 0.05) is 25.0 Å². The van der Waals surface area contributed by atoms with E-state index in [4.69, 9.17) is 11.6 Å². The average Bonchev–Trinajstić information content (AvgIpc) is 2.27. The standard InChI is InChI=1S/C14H20ClNO/c1-14(2,3)11-5-7-12(8-6-11)16(4)13(17)9-10-15/h5-8H,9-10H2,1-4H3. The molecule has 17 heavy (non-hydrogen) atoms. The summed E-state index contributed by atoms with van der Waals surface area (Å²) in [7, 11) is 1.78. The molecule has 0 aromatic heterocycles. The number of benzene rings is 1. The highest BCUT2D eigenvalue weighted by Gasteiger charge is 2.15. The van der Waals surface area contributed by atoms with Gasteiger partial charge in [0.2, 0.25) is 5.91 Å². The van der Waals surface area contributed by atoms with Crippen LogP contribution in [0.5, 0.6) is 0 Å². The first-order valence-electron chi connectivity index (χ1n) is 5.79. The van der Waals surface area contributed by atoms with Gasteiger partial charge < -0.3 is 4.90 Å². The maximum Gasteiger partial charge on any atom is 0.227 e. The molecule has 0 spiro atoms. The highest BCUT2D eigenvalue weighted by atomic mass is 35.5. The molecule has 0 aliphatic carbocycles. The van der Waals surface area contributed by atoms with Crippen LogP contribution in [0.4, 0.5) is 5.69 Å². The Balaban J connectivity index is 2.84. The minimum Gasteiger partial charge on any atom is -0.315 e. The Morgan fingerprint density at radius 2 is 1.76 bits per heavy atom. The van der Waals surface area contributed by atoms with E-state index in [-0.39, 0.29) is 11.3 Å². The molecule has 0 aliphatic heterocycles. The summed E-state index contributed by atoms with van der Waals surface area (Å²) < 4.78 is 0. The average molecular weight is 254 g/mol. The summed E-state index contributed by atoms with van der Waals surface area (Å²) in [5.74, 6) is 0.409. The Morgan fingerprint density at radius 1 is 1.24 bits per heavy atom. The van der Waals surface area contributed by atoms with Gasteiger partial charge in [-0.3, -0.25) is 4.79 Å². The van der Waals surface area contributed by atoms with Gasteiger partial charge >= 0.3 is 0 Å². The largest absolute Gasteiger partial charge is 0.315 e. The Hall–Kier alpha value is -1.02. The molecule has 1 rings (SSSR count). The van der Waals surface area contributed by atoms with Gasteiger partial charge in [-0.1, -0.05) is 32.9 Å². The first kappa shape index (κ1) is 14.0. The van der Waals surface area contributed by atoms with Gasteiger partial charge in [-0.05, 0) is 23.1 Å². The molecule has 0 saturated heterocycles. The van der Waals surface area contributed by atoms with Crippen LogP contribution in [0.1, 0.15) is 32.8 Å². The second kappa shape index (κ2) is 5.54. The van der Waals surface area contributed by atoms with Crippen LogP contribution in [-0.2, 0) is 10.2 Å². The van der Waals surface area contributed by atoms with Crippen LogP contribution >= 0.6 is 11.6 Å². The highest BCUT2D eigenvalue weighted by Crippen LogP contribution is 2.24. The molecule has 3 heteroatoms. The number of hydrogen-bond donors (Lipinski definition) is 0. The second-order valence-electron chi connectivity index (χ2n) is 5.19. The highest BCUT2D eigenvalue weighted by molar-refractivity contribution is 6.19. The quantitative estimate of drug-likeness (QED) is 0.754. The van der Waals surface area contributed by atoms with Crippen molar-refractivity contribution < 1.29 is 4.79 Å². The van der Waals surface area contributed by atoms with Crippen LogP contribution in [0.2, 0.25) is 0 Å². The van der Waals surface area contributed by atoms with Crippen molar-refractivity contribution in [3.05, 3.63) is 29.8 Å². The molecule has 1 aromatic carbocycles. The monoisotopic (exact) mass is 253 g/mol. The fraction of sp³-hybridized carbons (Fsp3) is 0.500. The Morgan fingerprint density at radius 3 is 2.18 bits per heavy atom. The van der Waals surface area contributed by atoms with Gasteiger partial charge in [-0.15, -0.1) is 11.6 Å². The van der Waals surface area contributed by atoms with Crippen molar-refractivity contribution >= 4 is 23.2 Å². The smallest absolute Gasteiger partial charge is 0.227 e. The molecule has 1 aromatic rings. The Bertz CT molecular complexity index is 378. The van der Waals surface area contributed by atoms with E-state index in [0.29, 0.717) is 12.3 Å². The van der Waals surface area contributed by atoms with Crippen LogP contribution in [0.3, 0.4) is 0 Å². The van der Waals surface area contributed by atoms with E-state index in [2.05, 4.69) is 32.9 Å². The number of carbonyl (C=O) groups excluding carboxylic acids is 1. The predicted octanol–water partition coefficient (Wildman–Crippen LogP) is 3.58. The van der Waals surface area contributed by atoms with Gasteiger partial charge in [0.15, 0.2) is 0 Å². The second-order valence-corrected chi connectivity index (χ2v) is 5.57. The zero-order chi connectivity index (χ0) is 13.1. The SMILES string of the molecule is CN(C(=O)CCCl)c1ccc(C(C)(C)C)cc1. The van der Waals surface area contributed by atoms with Gasteiger partial charge in [0.25, 0.3) is 0 Å². The molecular formula is C14H20ClNO. The van der Waals surface area contributed by atoms with E-state index in [9.17, 15) is 4.79 Å². The van der Waals surface area contributed by atoms with Crippen molar-refractivity contribution in [3.8, 4) is 0 Å². The summed E-state index contributed by atoms with van der Waals surface area (Å²) in [6, 6.07) is 8.10. The fourth-order valence-electron chi connectivity index (χ4n) is 1.58. The number of rotatable bonds is 3. The van der Waals surface area contributed by atoms with Gasteiger partial charge in [-0.2, -0.15) is 0 Å². The normalized spacial score (nSPS) is 11.4. The molecule has 0 saturated carbocycles. The van der Waals surface area contributed by atoms with E-state index in [1.807, 2.05) is 12.1 Å². The van der Waals surface area contributed by atoms with Crippen LogP contribution in [-0.4, -0.2) is 18.8 Å². The molecule has 0 aliphatic rings. The van der Waals surface area contributed by atoms with Crippen LogP contribution in [0, 0.1) is 0 Å². The van der Waals surface area contributed by atoms with E-state index < -0.39 is 0 Å². The molecule has 0 bridgehead atoms. The molecule has 0 N–H and O–H groups in total. The molecule has 94 valence electrons. The number of anilines is 1. The van der Waals surface area contributed by atoms with Crippen molar-refractivity contribution in [2.75, 3.05) is 17.8 Å². The van der Waals surface area contributed by atoms with Crippen molar-refractivity contribution in [1.82, 2.24) is 0 Å². The molecular weight excluding hydrogens is 234 g/mol. The lowest BCUT2D eigenvalue weighted by Crippen LogP contribution is -2.26. The van der Waals surface area contributed by atoms with Crippen molar-refractivity contribution in [2.24, 2.45) is 0 Å². The maximum absolute atomic E-state index is 11.7. The van der Waals surface area contributed by atoms with Crippen molar-refractivity contribution in [1.29, 1.82) is 0 Å². The Kier molecular flexibility index (Phi) is 4.58. The molecule has 0 atom stereocenters. The summed E-state index contributed by atoms with van der Waals surface area (Å²) in [4.78, 5) is 13.3. The number of alkyl halides is 1. The van der Waals surface area contributed by atoms with E-state index >= 15 is 0 Å². The lowest BCUT2D eigenvalue weighted by Gasteiger charge is -2.21. The number of halogens is 1. The minimum absolute atomic E-state index is 0.0449. The minimum atomic E-state index is 0.0449. The molecule has 0 radical (unpaired) electrons. The van der Waals surface area contributed by atoms with E-state index in [0.717, 1.165) is 5.69 Å². The third-order valence-electron chi connectivity index (χ3n) is 2.80. The third kappa shape index (κ3) is 3.74. The lowest BCUT2D eigenvalue weighted by molar-refractivity contribution is -0.117. The van der Waals surface area contributed by atoms with E-state index in [1.165, 1.54) is 5.56 Å². The van der Waals surface area contributed by atoms with Gasteiger partial charge in [0.05, 0.1) is 0 Å². The number of hydrogen-bond acceptors (Lipinski definition) is 1. The van der Waals surface area contributed by atoms with E-state index in [1.54, 1.807) is 11.9 Å². The summed E-state index contributed by atoms with van der Waals surface area (Å²) >= 11 is 5.57. The molecule has 0 fully saturated rings. The van der Waals surface area contributed by atoms with Crippen molar-refractivity contribution in [2.45, 2.75) is 32.6 Å². The molecule has 1 amide bonds. The first-order chi connectivity index (χ1) is 7.86. The number of amides is 1. The van der Waals surface area contributed by atoms with Crippen LogP contribution < -0.4 is 4.90 Å². The molecule has 2 nitrogen and oxygen atoms in total. The zero-order valence-corrected chi connectivity index (χ0v) is 11.7.